The number of para-hydroxylation sites is 1. The SMILES string of the molecule is CN(C)CC#Cc1ccc(-c2cccc3c(NS(C)(=O)=O)nn(C)c23)c([C@H](Cc2cc(F)cc(F)c2)NC(=O)Cn2nc(C(F)(F)F)c3c2C(F)(F)CC3)n1. The van der Waals surface area contributed by atoms with E-state index in [0.29, 0.717) is 39.3 Å². The maximum absolute atomic E-state index is 14.9. The number of nitrogens with one attached hydrogen (secondary N) is 2. The summed E-state index contributed by atoms with van der Waals surface area (Å²) in [5.41, 5.74) is -1.73. The summed E-state index contributed by atoms with van der Waals surface area (Å²) in [6.07, 6.45) is -5.93. The van der Waals surface area contributed by atoms with E-state index >= 15 is 0 Å². The van der Waals surface area contributed by atoms with Gasteiger partial charge in [-0.1, -0.05) is 18.1 Å². The predicted molar refractivity (Wildman–Crippen MR) is 188 cm³/mol. The first-order valence-electron chi connectivity index (χ1n) is 16.6. The molecule has 290 valence electrons. The average molecular weight is 791 g/mol. The van der Waals surface area contributed by atoms with Crippen LogP contribution < -0.4 is 10.0 Å². The number of aromatic nitrogens is 5. The number of pyridine rings is 1. The number of fused-ring (bicyclic) bond motifs is 2. The molecule has 0 saturated heterocycles. The number of hydrogen-bond acceptors (Lipinski definition) is 7. The van der Waals surface area contributed by atoms with Crippen LogP contribution in [0.4, 0.5) is 36.6 Å². The smallest absolute Gasteiger partial charge is 0.346 e. The molecule has 0 radical (unpaired) electrons. The molecule has 0 bridgehead atoms. The molecule has 2 N–H and O–H groups in total. The number of aryl methyl sites for hydroxylation is 1. The summed E-state index contributed by atoms with van der Waals surface area (Å²) in [6.45, 7) is -0.720. The summed E-state index contributed by atoms with van der Waals surface area (Å²) in [4.78, 5) is 20.3. The van der Waals surface area contributed by atoms with Gasteiger partial charge in [0.15, 0.2) is 11.5 Å². The molecule has 0 fully saturated rings. The molecule has 3 heterocycles. The van der Waals surface area contributed by atoms with Crippen LogP contribution in [0.25, 0.3) is 22.0 Å². The Morgan fingerprint density at radius 2 is 1.76 bits per heavy atom. The number of sulfonamides is 1. The zero-order chi connectivity index (χ0) is 40.0. The Labute approximate surface area is 310 Å². The van der Waals surface area contributed by atoms with Gasteiger partial charge in [-0.25, -0.2) is 22.2 Å². The topological polar surface area (TPSA) is 127 Å². The van der Waals surface area contributed by atoms with Gasteiger partial charge < -0.3 is 5.32 Å². The molecule has 0 aliphatic heterocycles. The Balaban J connectivity index is 1.51. The molecular formula is C36H33F7N8O3S. The molecule has 1 atom stereocenters. The van der Waals surface area contributed by atoms with Crippen LogP contribution >= 0.6 is 0 Å². The first-order chi connectivity index (χ1) is 25.7. The van der Waals surface area contributed by atoms with Crippen molar-refractivity contribution in [2.24, 2.45) is 7.05 Å². The fraction of sp³-hybridized carbons (Fsp3) is 0.333. The van der Waals surface area contributed by atoms with Gasteiger partial charge in [-0.05, 0) is 68.8 Å². The normalized spacial score (nSPS) is 14.5. The van der Waals surface area contributed by atoms with Crippen LogP contribution in [-0.2, 0) is 53.4 Å². The number of hydrogen-bond donors (Lipinski definition) is 2. The number of amides is 1. The van der Waals surface area contributed by atoms with Crippen molar-refractivity contribution >= 4 is 32.7 Å². The number of nitrogens with zero attached hydrogens (tertiary/aromatic N) is 6. The fourth-order valence-electron chi connectivity index (χ4n) is 6.58. The number of carbonyl (C=O) groups excluding carboxylic acids is 1. The van der Waals surface area contributed by atoms with Gasteiger partial charge in [0.25, 0.3) is 5.92 Å². The Kier molecular flexibility index (Phi) is 10.4. The van der Waals surface area contributed by atoms with Crippen molar-refractivity contribution < 1.29 is 43.9 Å². The van der Waals surface area contributed by atoms with Crippen molar-refractivity contribution in [1.82, 2.24) is 34.8 Å². The molecule has 1 aliphatic rings. The van der Waals surface area contributed by atoms with E-state index in [2.05, 4.69) is 32.1 Å². The second kappa shape index (κ2) is 14.6. The molecular weight excluding hydrogens is 758 g/mol. The maximum atomic E-state index is 14.9. The van der Waals surface area contributed by atoms with Gasteiger partial charge in [0.05, 0.1) is 30.1 Å². The average Bonchev–Trinajstić information content (AvgIpc) is 3.70. The first-order valence-corrected chi connectivity index (χ1v) is 18.5. The molecule has 1 aliphatic carbocycles. The highest BCUT2D eigenvalue weighted by molar-refractivity contribution is 7.92. The van der Waals surface area contributed by atoms with E-state index in [4.69, 9.17) is 4.98 Å². The predicted octanol–water partition coefficient (Wildman–Crippen LogP) is 5.55. The summed E-state index contributed by atoms with van der Waals surface area (Å²) < 4.78 is 129. The monoisotopic (exact) mass is 790 g/mol. The van der Waals surface area contributed by atoms with E-state index in [0.717, 1.165) is 18.4 Å². The van der Waals surface area contributed by atoms with Crippen LogP contribution in [-0.4, -0.2) is 70.7 Å². The molecule has 0 unspecified atom stereocenters. The minimum Gasteiger partial charge on any atom is -0.346 e. The molecule has 19 heteroatoms. The summed E-state index contributed by atoms with van der Waals surface area (Å²) in [5.74, 6) is -0.724. The molecule has 55 heavy (non-hydrogen) atoms. The van der Waals surface area contributed by atoms with E-state index in [1.807, 2.05) is 0 Å². The fourth-order valence-corrected chi connectivity index (χ4v) is 7.08. The third-order valence-electron chi connectivity index (χ3n) is 8.65. The first kappa shape index (κ1) is 39.2. The van der Waals surface area contributed by atoms with Gasteiger partial charge in [0.1, 0.15) is 29.6 Å². The second-order valence-electron chi connectivity index (χ2n) is 13.4. The van der Waals surface area contributed by atoms with Crippen molar-refractivity contribution in [3.8, 4) is 23.0 Å². The Bertz CT molecular complexity index is 2460. The Morgan fingerprint density at radius 3 is 2.42 bits per heavy atom. The van der Waals surface area contributed by atoms with Crippen molar-refractivity contribution in [2.45, 2.75) is 43.9 Å². The highest BCUT2D eigenvalue weighted by Crippen LogP contribution is 2.46. The van der Waals surface area contributed by atoms with Crippen LogP contribution in [0.3, 0.4) is 0 Å². The van der Waals surface area contributed by atoms with Crippen molar-refractivity contribution in [3.63, 3.8) is 0 Å². The minimum atomic E-state index is -5.06. The number of benzene rings is 2. The van der Waals surface area contributed by atoms with Crippen LogP contribution in [0.1, 0.15) is 46.4 Å². The van der Waals surface area contributed by atoms with Crippen LogP contribution in [0.5, 0.6) is 0 Å². The van der Waals surface area contributed by atoms with E-state index in [9.17, 15) is 43.9 Å². The van der Waals surface area contributed by atoms with E-state index in [1.165, 1.54) is 4.68 Å². The number of halogens is 7. The zero-order valence-corrected chi connectivity index (χ0v) is 30.5. The Hall–Kier alpha value is -5.48. The minimum absolute atomic E-state index is 0.0180. The van der Waals surface area contributed by atoms with Crippen LogP contribution in [0.2, 0.25) is 0 Å². The summed E-state index contributed by atoms with van der Waals surface area (Å²) >= 11 is 0. The number of alkyl halides is 5. The lowest BCUT2D eigenvalue weighted by atomic mass is 9.93. The molecule has 0 saturated carbocycles. The molecule has 2 aromatic carbocycles. The maximum Gasteiger partial charge on any atom is 0.435 e. The molecule has 1 amide bonds. The standard InChI is InChI=1S/C36H33F7N8O3S/c1-49(2)14-6-7-23-10-11-24(25-8-5-9-26-31(25)50(3)47-34(26)48-55(4,53)54)30(44-23)28(17-20-15-21(37)18-22(38)16-20)45-29(52)19-51-33-27(12-13-35(33,39)40)32(46-51)36(41,42)43/h5,8-11,15-16,18,28H,12-14,17,19H2,1-4H3,(H,45,52)(H,47,48)/t28-/m0/s1. The molecule has 6 rings (SSSR count). The Morgan fingerprint density at radius 1 is 1.05 bits per heavy atom. The number of carbonyl (C=O) groups is 1. The van der Waals surface area contributed by atoms with E-state index < -0.39 is 82.0 Å². The molecule has 0 spiro atoms. The van der Waals surface area contributed by atoms with Gasteiger partial charge in [-0.3, -0.25) is 23.8 Å². The van der Waals surface area contributed by atoms with Gasteiger partial charge in [0.2, 0.25) is 15.9 Å². The lowest BCUT2D eigenvalue weighted by Gasteiger charge is -2.23. The summed E-state index contributed by atoms with van der Waals surface area (Å²) in [7, 11) is 1.40. The lowest BCUT2D eigenvalue weighted by Crippen LogP contribution is -2.35. The highest BCUT2D eigenvalue weighted by Gasteiger charge is 2.50. The van der Waals surface area contributed by atoms with Crippen LogP contribution in [0.15, 0.2) is 48.5 Å². The summed E-state index contributed by atoms with van der Waals surface area (Å²) in [6, 6.07) is 9.49. The van der Waals surface area contributed by atoms with E-state index in [-0.39, 0.29) is 29.2 Å². The molecule has 5 aromatic rings. The third-order valence-corrected chi connectivity index (χ3v) is 9.21. The quantitative estimate of drug-likeness (QED) is 0.140. The van der Waals surface area contributed by atoms with Crippen molar-refractivity contribution in [3.05, 3.63) is 94.1 Å². The van der Waals surface area contributed by atoms with Crippen molar-refractivity contribution in [1.29, 1.82) is 0 Å². The van der Waals surface area contributed by atoms with Crippen LogP contribution in [0, 0.1) is 23.5 Å². The highest BCUT2D eigenvalue weighted by atomic mass is 32.2. The van der Waals surface area contributed by atoms with Gasteiger partial charge in [-0.2, -0.15) is 32.1 Å². The number of rotatable bonds is 10. The zero-order valence-electron chi connectivity index (χ0n) is 29.7. The van der Waals surface area contributed by atoms with Crippen molar-refractivity contribution in [2.75, 3.05) is 31.6 Å². The summed E-state index contributed by atoms with van der Waals surface area (Å²) in [5, 5.41) is 10.7. The van der Waals surface area contributed by atoms with Gasteiger partial charge in [0, 0.05) is 41.6 Å². The largest absolute Gasteiger partial charge is 0.435 e. The van der Waals surface area contributed by atoms with Gasteiger partial charge in [-0.15, -0.1) is 0 Å². The lowest BCUT2D eigenvalue weighted by molar-refractivity contribution is -0.142. The molecule has 11 nitrogen and oxygen atoms in total. The molecule has 3 aromatic heterocycles. The second-order valence-corrected chi connectivity index (χ2v) is 15.1. The number of anilines is 1. The van der Waals surface area contributed by atoms with Gasteiger partial charge >= 0.3 is 6.18 Å². The third kappa shape index (κ3) is 8.60. The van der Waals surface area contributed by atoms with E-state index in [1.54, 1.807) is 56.4 Å².